The first kappa shape index (κ1) is 15.8. The second kappa shape index (κ2) is 6.19. The summed E-state index contributed by atoms with van der Waals surface area (Å²) in [6.45, 7) is 2.80. The Kier molecular flexibility index (Phi) is 4.44. The van der Waals surface area contributed by atoms with Crippen LogP contribution in [-0.2, 0) is 25.9 Å². The van der Waals surface area contributed by atoms with Crippen LogP contribution in [0.25, 0.3) is 0 Å². The Morgan fingerprint density at radius 2 is 2.14 bits per heavy atom. The molecule has 2 heterocycles. The molecule has 0 amide bonds. The van der Waals surface area contributed by atoms with Gasteiger partial charge in [0.2, 0.25) is 0 Å². The highest BCUT2D eigenvalue weighted by Gasteiger charge is 2.32. The minimum Gasteiger partial charge on any atom is -0.461 e. The number of esters is 1. The molecule has 1 saturated carbocycles. The smallest absolute Gasteiger partial charge is 0.316 e. The topological polar surface area (TPSA) is 91.2 Å². The number of thioether (sulfide) groups is 1. The lowest BCUT2D eigenvalue weighted by atomic mass is 10.3. The Morgan fingerprint density at radius 3 is 2.73 bits per heavy atom. The van der Waals surface area contributed by atoms with Crippen LogP contribution in [0.1, 0.15) is 37.9 Å². The summed E-state index contributed by atoms with van der Waals surface area (Å²) in [5, 5.41) is 9.08. The maximum atomic E-state index is 11.8. The third kappa shape index (κ3) is 3.62. The summed E-state index contributed by atoms with van der Waals surface area (Å²) in [4.78, 5) is 11.8. The third-order valence-electron chi connectivity index (χ3n) is 3.81. The monoisotopic (exact) mass is 345 g/mol. The SMILES string of the molecule is CCn1c(SCC(=O)O[C@H]2CCS(=O)(=O)C2)nnc1C1CC1. The van der Waals surface area contributed by atoms with E-state index in [1.807, 2.05) is 11.5 Å². The van der Waals surface area contributed by atoms with Crippen LogP contribution in [0.4, 0.5) is 0 Å². The van der Waals surface area contributed by atoms with Crippen molar-refractivity contribution in [2.75, 3.05) is 17.3 Å². The van der Waals surface area contributed by atoms with Crippen molar-refractivity contribution < 1.29 is 17.9 Å². The largest absolute Gasteiger partial charge is 0.461 e. The molecule has 1 aliphatic heterocycles. The first-order valence-corrected chi connectivity index (χ1v) is 10.2. The number of carbonyl (C=O) groups is 1. The van der Waals surface area contributed by atoms with Gasteiger partial charge in [-0.25, -0.2) is 8.42 Å². The average molecular weight is 345 g/mol. The number of ether oxygens (including phenoxy) is 1. The average Bonchev–Trinajstić information content (AvgIpc) is 3.13. The lowest BCUT2D eigenvalue weighted by Gasteiger charge is -2.10. The zero-order chi connectivity index (χ0) is 15.7. The number of rotatable bonds is 6. The van der Waals surface area contributed by atoms with Gasteiger partial charge in [-0.3, -0.25) is 4.79 Å². The van der Waals surface area contributed by atoms with Gasteiger partial charge < -0.3 is 9.30 Å². The fraction of sp³-hybridized carbons (Fsp3) is 0.769. The number of aromatic nitrogens is 3. The van der Waals surface area contributed by atoms with E-state index >= 15 is 0 Å². The van der Waals surface area contributed by atoms with Crippen LogP contribution >= 0.6 is 11.8 Å². The van der Waals surface area contributed by atoms with Gasteiger partial charge in [0.05, 0.1) is 17.3 Å². The molecule has 3 rings (SSSR count). The van der Waals surface area contributed by atoms with Crippen LogP contribution in [0.5, 0.6) is 0 Å². The number of hydrogen-bond donors (Lipinski definition) is 0. The summed E-state index contributed by atoms with van der Waals surface area (Å²) in [5.74, 6) is 1.29. The van der Waals surface area contributed by atoms with Gasteiger partial charge in [-0.15, -0.1) is 10.2 Å². The maximum Gasteiger partial charge on any atom is 0.316 e. The van der Waals surface area contributed by atoms with E-state index in [0.29, 0.717) is 12.3 Å². The molecule has 1 aliphatic carbocycles. The summed E-state index contributed by atoms with van der Waals surface area (Å²) < 4.78 is 29.9. The van der Waals surface area contributed by atoms with Crippen LogP contribution in [0.2, 0.25) is 0 Å². The fourth-order valence-corrected chi connectivity index (χ4v) is 4.93. The van der Waals surface area contributed by atoms with Crippen LogP contribution in [0, 0.1) is 0 Å². The standard InChI is InChI=1S/C13H19N3O4S2/c1-2-16-12(9-3-4-9)14-15-13(16)21-7-11(17)20-10-5-6-22(18,19)8-10/h9-10H,2-8H2,1H3/t10-/m0/s1. The molecule has 1 aromatic heterocycles. The van der Waals surface area contributed by atoms with Gasteiger partial charge in [0, 0.05) is 12.5 Å². The van der Waals surface area contributed by atoms with E-state index in [4.69, 9.17) is 4.74 Å². The van der Waals surface area contributed by atoms with Gasteiger partial charge in [-0.1, -0.05) is 11.8 Å². The maximum absolute atomic E-state index is 11.8. The zero-order valence-corrected chi connectivity index (χ0v) is 14.0. The van der Waals surface area contributed by atoms with Crippen molar-refractivity contribution in [2.45, 2.75) is 49.9 Å². The van der Waals surface area contributed by atoms with Gasteiger partial charge in [-0.05, 0) is 26.2 Å². The highest BCUT2D eigenvalue weighted by molar-refractivity contribution is 7.99. The molecule has 122 valence electrons. The molecule has 9 heteroatoms. The molecule has 7 nitrogen and oxygen atoms in total. The first-order valence-electron chi connectivity index (χ1n) is 7.44. The van der Waals surface area contributed by atoms with E-state index in [1.165, 1.54) is 11.8 Å². The van der Waals surface area contributed by atoms with Gasteiger partial charge in [-0.2, -0.15) is 0 Å². The number of sulfone groups is 1. The van der Waals surface area contributed by atoms with E-state index in [1.54, 1.807) is 0 Å². The minimum atomic E-state index is -3.03. The van der Waals surface area contributed by atoms with Crippen molar-refractivity contribution >= 4 is 27.6 Å². The highest BCUT2D eigenvalue weighted by Crippen LogP contribution is 2.39. The van der Waals surface area contributed by atoms with Gasteiger partial charge >= 0.3 is 5.97 Å². The van der Waals surface area contributed by atoms with E-state index < -0.39 is 21.9 Å². The van der Waals surface area contributed by atoms with Gasteiger partial charge in [0.15, 0.2) is 15.0 Å². The first-order chi connectivity index (χ1) is 10.5. The number of nitrogens with zero attached hydrogens (tertiary/aromatic N) is 3. The third-order valence-corrected chi connectivity index (χ3v) is 6.49. The lowest BCUT2D eigenvalue weighted by molar-refractivity contribution is -0.144. The van der Waals surface area contributed by atoms with Crippen molar-refractivity contribution in [1.29, 1.82) is 0 Å². The molecule has 1 aromatic rings. The molecule has 22 heavy (non-hydrogen) atoms. The quantitative estimate of drug-likeness (QED) is 0.561. The predicted octanol–water partition coefficient (Wildman–Crippen LogP) is 0.998. The van der Waals surface area contributed by atoms with Crippen molar-refractivity contribution in [2.24, 2.45) is 0 Å². The van der Waals surface area contributed by atoms with E-state index in [9.17, 15) is 13.2 Å². The number of hydrogen-bond acceptors (Lipinski definition) is 7. The van der Waals surface area contributed by atoms with Crippen molar-refractivity contribution in [3.05, 3.63) is 5.82 Å². The molecular weight excluding hydrogens is 326 g/mol. The summed E-state index contributed by atoms with van der Waals surface area (Å²) in [5.41, 5.74) is 0. The zero-order valence-electron chi connectivity index (χ0n) is 12.4. The predicted molar refractivity (Wildman–Crippen MR) is 81.5 cm³/mol. The Balaban J connectivity index is 1.53. The molecule has 1 saturated heterocycles. The van der Waals surface area contributed by atoms with Gasteiger partial charge in [0.25, 0.3) is 0 Å². The van der Waals surface area contributed by atoms with Crippen LogP contribution in [0.15, 0.2) is 5.16 Å². The van der Waals surface area contributed by atoms with Crippen molar-refractivity contribution in [3.8, 4) is 0 Å². The molecule has 0 radical (unpaired) electrons. The van der Waals surface area contributed by atoms with Gasteiger partial charge in [0.1, 0.15) is 11.9 Å². The Labute approximate surface area is 133 Å². The lowest BCUT2D eigenvalue weighted by Crippen LogP contribution is -2.20. The minimum absolute atomic E-state index is 0.0552. The Morgan fingerprint density at radius 1 is 1.36 bits per heavy atom. The molecule has 2 fully saturated rings. The van der Waals surface area contributed by atoms with Crippen LogP contribution in [-0.4, -0.2) is 52.5 Å². The Hall–Kier alpha value is -1.09. The molecule has 0 bridgehead atoms. The van der Waals surface area contributed by atoms with E-state index in [2.05, 4.69) is 10.2 Å². The van der Waals surface area contributed by atoms with Crippen molar-refractivity contribution in [1.82, 2.24) is 14.8 Å². The highest BCUT2D eigenvalue weighted by atomic mass is 32.2. The Bertz CT molecular complexity index is 667. The molecule has 1 atom stereocenters. The normalized spacial score (nSPS) is 23.6. The summed E-state index contributed by atoms with van der Waals surface area (Å²) in [6, 6.07) is 0. The molecule has 0 aromatic carbocycles. The second-order valence-corrected chi connectivity index (χ2v) is 8.83. The van der Waals surface area contributed by atoms with E-state index in [-0.39, 0.29) is 17.3 Å². The van der Waals surface area contributed by atoms with E-state index in [0.717, 1.165) is 30.4 Å². The van der Waals surface area contributed by atoms with Crippen LogP contribution < -0.4 is 0 Å². The second-order valence-electron chi connectivity index (χ2n) is 5.66. The molecule has 0 N–H and O–H groups in total. The molecular formula is C13H19N3O4S2. The summed E-state index contributed by atoms with van der Waals surface area (Å²) in [6.07, 6.45) is 2.21. The summed E-state index contributed by atoms with van der Waals surface area (Å²) >= 11 is 1.29. The molecule has 0 unspecified atom stereocenters. The van der Waals surface area contributed by atoms with Crippen molar-refractivity contribution in [3.63, 3.8) is 0 Å². The summed E-state index contributed by atoms with van der Waals surface area (Å²) in [7, 11) is -3.03. The molecule has 2 aliphatic rings. The fourth-order valence-electron chi connectivity index (χ4n) is 2.54. The number of carbonyl (C=O) groups excluding carboxylic acids is 1. The molecule has 0 spiro atoms. The van der Waals surface area contributed by atoms with Crippen LogP contribution in [0.3, 0.4) is 0 Å².